The van der Waals surface area contributed by atoms with Crippen LogP contribution >= 0.6 is 0 Å². The molecule has 1 unspecified atom stereocenters. The third kappa shape index (κ3) is 6.58. The lowest BCUT2D eigenvalue weighted by Gasteiger charge is -2.14. The normalized spacial score (nSPS) is 13.2. The number of rotatable bonds is 8. The van der Waals surface area contributed by atoms with Crippen molar-refractivity contribution in [2.45, 2.75) is 38.7 Å². The van der Waals surface area contributed by atoms with E-state index >= 15 is 0 Å². The van der Waals surface area contributed by atoms with Gasteiger partial charge in [-0.05, 0) is 12.8 Å². The summed E-state index contributed by atoms with van der Waals surface area (Å²) in [4.78, 5) is 0. The maximum atomic E-state index is 8.86. The van der Waals surface area contributed by atoms with Gasteiger partial charge in [-0.15, -0.1) is 0 Å². The van der Waals surface area contributed by atoms with Crippen LogP contribution in [0.25, 0.3) is 0 Å². The second-order valence-electron chi connectivity index (χ2n) is 2.89. The lowest BCUT2D eigenvalue weighted by atomic mass is 10.2. The molecule has 2 N–H and O–H groups in total. The maximum Gasteiger partial charge on any atom is 0.0805 e. The molecule has 0 aromatic carbocycles. The minimum absolute atomic E-state index is 0.0310. The van der Waals surface area contributed by atoms with Crippen LogP contribution in [-0.4, -0.2) is 36.1 Å². The minimum Gasteiger partial charge on any atom is -0.396 e. The van der Waals surface area contributed by atoms with Gasteiger partial charge in [-0.25, -0.2) is 0 Å². The van der Waals surface area contributed by atoms with Crippen molar-refractivity contribution in [2.75, 3.05) is 19.8 Å². The Morgan fingerprint density at radius 2 is 2.00 bits per heavy atom. The zero-order valence-electron chi connectivity index (χ0n) is 7.83. The first-order valence-corrected chi connectivity index (χ1v) is 4.68. The summed E-state index contributed by atoms with van der Waals surface area (Å²) in [6.07, 6.45) is 3.75. The summed E-state index contributed by atoms with van der Waals surface area (Å²) in [6.45, 7) is 2.91. The molecule has 0 aliphatic carbocycles. The minimum atomic E-state index is -0.0310. The third-order valence-electron chi connectivity index (χ3n) is 1.74. The molecule has 0 aliphatic heterocycles. The van der Waals surface area contributed by atoms with E-state index in [1.807, 2.05) is 0 Å². The Bertz CT molecular complexity index is 85.8. The molecular weight excluding hydrogens is 156 g/mol. The topological polar surface area (TPSA) is 49.7 Å². The number of hydrogen-bond donors (Lipinski definition) is 2. The Kier molecular flexibility index (Phi) is 8.88. The molecule has 0 amide bonds. The van der Waals surface area contributed by atoms with E-state index in [0.29, 0.717) is 13.0 Å². The average molecular weight is 176 g/mol. The van der Waals surface area contributed by atoms with Crippen molar-refractivity contribution in [3.63, 3.8) is 0 Å². The largest absolute Gasteiger partial charge is 0.396 e. The maximum absolute atomic E-state index is 8.86. The van der Waals surface area contributed by atoms with Crippen LogP contribution in [0.4, 0.5) is 0 Å². The Balaban J connectivity index is 3.26. The highest BCUT2D eigenvalue weighted by atomic mass is 16.5. The first-order valence-electron chi connectivity index (χ1n) is 4.68. The molecule has 0 aliphatic rings. The van der Waals surface area contributed by atoms with Crippen molar-refractivity contribution in [1.29, 1.82) is 0 Å². The Morgan fingerprint density at radius 1 is 1.25 bits per heavy atom. The zero-order chi connectivity index (χ0) is 9.23. The fraction of sp³-hybridized carbons (Fsp3) is 1.00. The smallest absolute Gasteiger partial charge is 0.0805 e. The van der Waals surface area contributed by atoms with Gasteiger partial charge in [-0.1, -0.05) is 19.8 Å². The Labute approximate surface area is 74.4 Å². The first kappa shape index (κ1) is 11.9. The van der Waals surface area contributed by atoms with E-state index in [9.17, 15) is 0 Å². The molecule has 0 aromatic heterocycles. The molecule has 0 spiro atoms. The molecule has 0 heterocycles. The molecule has 0 aromatic rings. The van der Waals surface area contributed by atoms with Gasteiger partial charge in [0.05, 0.1) is 12.7 Å². The van der Waals surface area contributed by atoms with E-state index in [1.54, 1.807) is 0 Å². The van der Waals surface area contributed by atoms with Crippen molar-refractivity contribution in [3.05, 3.63) is 0 Å². The number of ether oxygens (including phenoxy) is 1. The van der Waals surface area contributed by atoms with E-state index < -0.39 is 0 Å². The molecular formula is C9H20O3. The van der Waals surface area contributed by atoms with Gasteiger partial charge in [0, 0.05) is 13.2 Å². The number of aliphatic hydroxyl groups is 2. The Morgan fingerprint density at radius 3 is 2.50 bits per heavy atom. The molecule has 0 bridgehead atoms. The van der Waals surface area contributed by atoms with Gasteiger partial charge < -0.3 is 14.9 Å². The predicted molar refractivity (Wildman–Crippen MR) is 48.1 cm³/mol. The monoisotopic (exact) mass is 176 g/mol. The molecule has 12 heavy (non-hydrogen) atoms. The second-order valence-corrected chi connectivity index (χ2v) is 2.89. The van der Waals surface area contributed by atoms with Gasteiger partial charge in [0.1, 0.15) is 0 Å². The molecule has 0 fully saturated rings. The highest BCUT2D eigenvalue weighted by Crippen LogP contribution is 2.04. The zero-order valence-corrected chi connectivity index (χ0v) is 7.83. The fourth-order valence-electron chi connectivity index (χ4n) is 0.974. The first-order chi connectivity index (χ1) is 5.85. The summed E-state index contributed by atoms with van der Waals surface area (Å²) in [5.74, 6) is 0. The standard InChI is InChI=1S/C9H20O3/c1-2-3-5-9(8-11)12-7-4-6-10/h9-11H,2-8H2,1H3. The summed E-state index contributed by atoms with van der Waals surface area (Å²) < 4.78 is 5.32. The van der Waals surface area contributed by atoms with Crippen LogP contribution in [-0.2, 0) is 4.74 Å². The quantitative estimate of drug-likeness (QED) is 0.541. The van der Waals surface area contributed by atoms with Crippen molar-refractivity contribution < 1.29 is 14.9 Å². The summed E-state index contributed by atoms with van der Waals surface area (Å²) in [6, 6.07) is 0. The molecule has 0 saturated heterocycles. The molecule has 74 valence electrons. The lowest BCUT2D eigenvalue weighted by molar-refractivity contribution is 0.00158. The van der Waals surface area contributed by atoms with Crippen LogP contribution in [0.15, 0.2) is 0 Å². The molecule has 3 nitrogen and oxygen atoms in total. The molecule has 0 radical (unpaired) electrons. The van der Waals surface area contributed by atoms with Gasteiger partial charge in [-0.2, -0.15) is 0 Å². The van der Waals surface area contributed by atoms with Gasteiger partial charge in [0.25, 0.3) is 0 Å². The second kappa shape index (κ2) is 8.97. The van der Waals surface area contributed by atoms with Gasteiger partial charge >= 0.3 is 0 Å². The molecule has 1 atom stereocenters. The van der Waals surface area contributed by atoms with Gasteiger partial charge in [0.2, 0.25) is 0 Å². The van der Waals surface area contributed by atoms with Crippen LogP contribution in [0.5, 0.6) is 0 Å². The summed E-state index contributed by atoms with van der Waals surface area (Å²) in [7, 11) is 0. The summed E-state index contributed by atoms with van der Waals surface area (Å²) >= 11 is 0. The van der Waals surface area contributed by atoms with Crippen LogP contribution in [0.3, 0.4) is 0 Å². The van der Waals surface area contributed by atoms with Crippen LogP contribution in [0.1, 0.15) is 32.6 Å². The number of hydrogen-bond acceptors (Lipinski definition) is 3. The van der Waals surface area contributed by atoms with Crippen LogP contribution in [0.2, 0.25) is 0 Å². The average Bonchev–Trinajstić information content (AvgIpc) is 2.11. The summed E-state index contributed by atoms with van der Waals surface area (Å²) in [5, 5.41) is 17.3. The molecule has 0 rings (SSSR count). The number of aliphatic hydroxyl groups excluding tert-OH is 2. The predicted octanol–water partition coefficient (Wildman–Crippen LogP) is 0.936. The molecule has 3 heteroatoms. The van der Waals surface area contributed by atoms with Crippen molar-refractivity contribution in [2.24, 2.45) is 0 Å². The van der Waals surface area contributed by atoms with Crippen molar-refractivity contribution in [1.82, 2.24) is 0 Å². The fourth-order valence-corrected chi connectivity index (χ4v) is 0.974. The van der Waals surface area contributed by atoms with E-state index in [2.05, 4.69) is 6.92 Å². The van der Waals surface area contributed by atoms with E-state index in [0.717, 1.165) is 19.3 Å². The third-order valence-corrected chi connectivity index (χ3v) is 1.74. The highest BCUT2D eigenvalue weighted by molar-refractivity contribution is 4.55. The SMILES string of the molecule is CCCCC(CO)OCCCO. The highest BCUT2D eigenvalue weighted by Gasteiger charge is 2.05. The van der Waals surface area contributed by atoms with Gasteiger partial charge in [0.15, 0.2) is 0 Å². The summed E-state index contributed by atoms with van der Waals surface area (Å²) in [5.41, 5.74) is 0. The van der Waals surface area contributed by atoms with Gasteiger partial charge in [-0.3, -0.25) is 0 Å². The van der Waals surface area contributed by atoms with Crippen molar-refractivity contribution in [3.8, 4) is 0 Å². The molecule has 0 saturated carbocycles. The lowest BCUT2D eigenvalue weighted by Crippen LogP contribution is -2.18. The van der Waals surface area contributed by atoms with E-state index in [-0.39, 0.29) is 19.3 Å². The van der Waals surface area contributed by atoms with E-state index in [1.165, 1.54) is 0 Å². The Hall–Kier alpha value is -0.120. The van der Waals surface area contributed by atoms with E-state index in [4.69, 9.17) is 14.9 Å². The van der Waals surface area contributed by atoms with Crippen molar-refractivity contribution >= 4 is 0 Å². The number of unbranched alkanes of at least 4 members (excludes halogenated alkanes) is 1. The van der Waals surface area contributed by atoms with Crippen LogP contribution in [0, 0.1) is 0 Å². The van der Waals surface area contributed by atoms with Crippen LogP contribution < -0.4 is 0 Å².